The largest absolute Gasteiger partial charge is 0.454 e. The fourth-order valence-electron chi connectivity index (χ4n) is 2.42. The Labute approximate surface area is 153 Å². The minimum Gasteiger partial charge on any atom is -0.454 e. The summed E-state index contributed by atoms with van der Waals surface area (Å²) in [6.45, 7) is 5.35. The first-order chi connectivity index (χ1) is 12.4. The summed E-state index contributed by atoms with van der Waals surface area (Å²) < 4.78 is 5.09. The molecule has 5 heteroatoms. The van der Waals surface area contributed by atoms with Crippen LogP contribution in [0.5, 0.6) is 0 Å². The van der Waals surface area contributed by atoms with Crippen LogP contribution in [0.1, 0.15) is 59.4 Å². The zero-order valence-corrected chi connectivity index (χ0v) is 15.2. The summed E-state index contributed by atoms with van der Waals surface area (Å²) in [4.78, 5) is 35.2. The van der Waals surface area contributed by atoms with Gasteiger partial charge in [-0.1, -0.05) is 38.1 Å². The Kier molecular flexibility index (Phi) is 6.67. The molecule has 2 aromatic carbocycles. The number of hydrogen-bond donors (Lipinski definition) is 1. The molecule has 0 radical (unpaired) electrons. The lowest BCUT2D eigenvalue weighted by Gasteiger charge is -2.09. The van der Waals surface area contributed by atoms with Gasteiger partial charge in [0.25, 0.3) is 0 Å². The highest BCUT2D eigenvalue weighted by molar-refractivity contribution is 5.99. The summed E-state index contributed by atoms with van der Waals surface area (Å²) in [7, 11) is 0. The van der Waals surface area contributed by atoms with Gasteiger partial charge in [-0.15, -0.1) is 0 Å². The molecule has 0 heterocycles. The minimum absolute atomic E-state index is 0.190. The molecule has 0 aliphatic rings. The Hall–Kier alpha value is -2.95. The normalized spacial score (nSPS) is 11.5. The first-order valence-electron chi connectivity index (χ1n) is 8.58. The lowest BCUT2D eigenvalue weighted by Crippen LogP contribution is -2.14. The second-order valence-corrected chi connectivity index (χ2v) is 6.19. The zero-order chi connectivity index (χ0) is 19.1. The number of hydrogen-bond acceptors (Lipinski definition) is 4. The fraction of sp³-hybridized carbons (Fsp3) is 0.286. The highest BCUT2D eigenvalue weighted by Crippen LogP contribution is 2.19. The highest BCUT2D eigenvalue weighted by Gasteiger charge is 2.12. The van der Waals surface area contributed by atoms with E-state index in [1.807, 2.05) is 12.1 Å². The molecule has 0 bridgehead atoms. The van der Waals surface area contributed by atoms with Crippen LogP contribution in [-0.2, 0) is 9.53 Å². The van der Waals surface area contributed by atoms with E-state index in [1.54, 1.807) is 36.4 Å². The van der Waals surface area contributed by atoms with E-state index in [4.69, 9.17) is 4.74 Å². The SMILES string of the molecule is CC[C@@H](C)c1ccc(C(=O)COC(=O)c2ccc(NC(C)=O)cc2)cc1. The van der Waals surface area contributed by atoms with Gasteiger partial charge >= 0.3 is 5.97 Å². The number of benzene rings is 2. The van der Waals surface area contributed by atoms with Gasteiger partial charge in [0.05, 0.1) is 5.56 Å². The van der Waals surface area contributed by atoms with Crippen molar-refractivity contribution in [3.8, 4) is 0 Å². The number of Topliss-reactive ketones (excluding diaryl/α,β-unsaturated/α-hetero) is 1. The van der Waals surface area contributed by atoms with E-state index in [0.29, 0.717) is 22.7 Å². The molecule has 0 fully saturated rings. The van der Waals surface area contributed by atoms with E-state index in [2.05, 4.69) is 19.2 Å². The number of ether oxygens (including phenoxy) is 1. The second-order valence-electron chi connectivity index (χ2n) is 6.19. The van der Waals surface area contributed by atoms with E-state index >= 15 is 0 Å². The van der Waals surface area contributed by atoms with Crippen molar-refractivity contribution in [1.29, 1.82) is 0 Å². The number of ketones is 1. The summed E-state index contributed by atoms with van der Waals surface area (Å²) in [5.74, 6) is -0.574. The summed E-state index contributed by atoms with van der Waals surface area (Å²) in [5, 5.41) is 2.61. The average molecular weight is 353 g/mol. The van der Waals surface area contributed by atoms with Gasteiger partial charge in [-0.3, -0.25) is 9.59 Å². The van der Waals surface area contributed by atoms with Gasteiger partial charge < -0.3 is 10.1 Å². The van der Waals surface area contributed by atoms with Crippen LogP contribution in [0.4, 0.5) is 5.69 Å². The molecule has 26 heavy (non-hydrogen) atoms. The third kappa shape index (κ3) is 5.28. The van der Waals surface area contributed by atoms with Crippen molar-refractivity contribution in [2.45, 2.75) is 33.1 Å². The molecule has 0 aliphatic carbocycles. The van der Waals surface area contributed by atoms with Gasteiger partial charge in [-0.2, -0.15) is 0 Å². The number of carbonyl (C=O) groups is 3. The molecule has 0 saturated carbocycles. The molecule has 0 aliphatic heterocycles. The van der Waals surface area contributed by atoms with Crippen molar-refractivity contribution in [3.05, 3.63) is 65.2 Å². The minimum atomic E-state index is -0.580. The predicted molar refractivity (Wildman–Crippen MR) is 101 cm³/mol. The van der Waals surface area contributed by atoms with Crippen LogP contribution in [0.25, 0.3) is 0 Å². The second kappa shape index (κ2) is 8.94. The first-order valence-corrected chi connectivity index (χ1v) is 8.58. The maximum atomic E-state index is 12.2. The molecule has 1 N–H and O–H groups in total. The number of anilines is 1. The maximum Gasteiger partial charge on any atom is 0.338 e. The number of carbonyl (C=O) groups excluding carboxylic acids is 3. The third-order valence-electron chi connectivity index (χ3n) is 4.19. The molecule has 0 saturated heterocycles. The van der Waals surface area contributed by atoms with Crippen LogP contribution >= 0.6 is 0 Å². The quantitative estimate of drug-likeness (QED) is 0.598. The molecule has 0 unspecified atom stereocenters. The molecule has 2 aromatic rings. The molecule has 0 spiro atoms. The molecule has 1 atom stereocenters. The third-order valence-corrected chi connectivity index (χ3v) is 4.19. The van der Waals surface area contributed by atoms with Crippen LogP contribution in [0, 0.1) is 0 Å². The average Bonchev–Trinajstić information content (AvgIpc) is 2.65. The van der Waals surface area contributed by atoms with Crippen molar-refractivity contribution in [1.82, 2.24) is 0 Å². The number of amides is 1. The van der Waals surface area contributed by atoms with Crippen molar-refractivity contribution < 1.29 is 19.1 Å². The van der Waals surface area contributed by atoms with E-state index in [1.165, 1.54) is 12.5 Å². The van der Waals surface area contributed by atoms with Crippen molar-refractivity contribution in [2.75, 3.05) is 11.9 Å². The smallest absolute Gasteiger partial charge is 0.338 e. The highest BCUT2D eigenvalue weighted by atomic mass is 16.5. The lowest BCUT2D eigenvalue weighted by atomic mass is 9.97. The Morgan fingerprint density at radius 3 is 2.08 bits per heavy atom. The van der Waals surface area contributed by atoms with Crippen molar-refractivity contribution in [2.24, 2.45) is 0 Å². The molecule has 0 aromatic heterocycles. The molecule has 5 nitrogen and oxygen atoms in total. The van der Waals surface area contributed by atoms with Gasteiger partial charge in [0.1, 0.15) is 0 Å². The summed E-state index contributed by atoms with van der Waals surface area (Å²) >= 11 is 0. The van der Waals surface area contributed by atoms with Crippen LogP contribution in [0.15, 0.2) is 48.5 Å². The van der Waals surface area contributed by atoms with E-state index < -0.39 is 5.97 Å². The van der Waals surface area contributed by atoms with Crippen molar-refractivity contribution in [3.63, 3.8) is 0 Å². The van der Waals surface area contributed by atoms with E-state index in [-0.39, 0.29) is 18.3 Å². The molecular weight excluding hydrogens is 330 g/mol. The topological polar surface area (TPSA) is 72.5 Å². The summed E-state index contributed by atoms with van der Waals surface area (Å²) in [5.41, 5.74) is 2.61. The van der Waals surface area contributed by atoms with Crippen LogP contribution < -0.4 is 5.32 Å². The lowest BCUT2D eigenvalue weighted by molar-refractivity contribution is -0.114. The molecule has 136 valence electrons. The monoisotopic (exact) mass is 353 g/mol. The van der Waals surface area contributed by atoms with Gasteiger partial charge in [0.15, 0.2) is 12.4 Å². The Morgan fingerprint density at radius 2 is 1.54 bits per heavy atom. The van der Waals surface area contributed by atoms with Crippen LogP contribution in [0.3, 0.4) is 0 Å². The van der Waals surface area contributed by atoms with Gasteiger partial charge in [-0.25, -0.2) is 4.79 Å². The molecule has 2 rings (SSSR count). The number of esters is 1. The van der Waals surface area contributed by atoms with Gasteiger partial charge in [-0.05, 0) is 42.2 Å². The maximum absolute atomic E-state index is 12.2. The van der Waals surface area contributed by atoms with Crippen molar-refractivity contribution >= 4 is 23.3 Å². The van der Waals surface area contributed by atoms with E-state index in [9.17, 15) is 14.4 Å². The van der Waals surface area contributed by atoms with Gasteiger partial charge in [0.2, 0.25) is 5.91 Å². The molecular formula is C21H23NO4. The predicted octanol–water partition coefficient (Wildman–Crippen LogP) is 4.20. The number of nitrogens with one attached hydrogen (secondary N) is 1. The summed E-state index contributed by atoms with van der Waals surface area (Å²) in [6.07, 6.45) is 1.03. The van der Waals surface area contributed by atoms with Crippen LogP contribution in [-0.4, -0.2) is 24.3 Å². The van der Waals surface area contributed by atoms with E-state index in [0.717, 1.165) is 6.42 Å². The molecule has 1 amide bonds. The fourth-order valence-corrected chi connectivity index (χ4v) is 2.42. The Balaban J connectivity index is 1.92. The van der Waals surface area contributed by atoms with Gasteiger partial charge in [0, 0.05) is 18.2 Å². The Morgan fingerprint density at radius 1 is 0.962 bits per heavy atom. The summed E-state index contributed by atoms with van der Waals surface area (Å²) in [6, 6.07) is 13.7. The van der Waals surface area contributed by atoms with Crippen LogP contribution in [0.2, 0.25) is 0 Å². The standard InChI is InChI=1S/C21H23NO4/c1-4-14(2)16-5-7-17(8-6-16)20(24)13-26-21(25)18-9-11-19(12-10-18)22-15(3)23/h5-12,14H,4,13H2,1-3H3,(H,22,23)/t14-/m1/s1. The zero-order valence-electron chi connectivity index (χ0n) is 15.2. The Bertz CT molecular complexity index is 779. The number of rotatable bonds is 7. The first kappa shape index (κ1) is 19.4.